The maximum absolute atomic E-state index is 11.7. The van der Waals surface area contributed by atoms with E-state index in [0.717, 1.165) is 5.69 Å². The molecule has 90 valence electrons. The van der Waals surface area contributed by atoms with Gasteiger partial charge in [0, 0.05) is 18.8 Å². The van der Waals surface area contributed by atoms with Crippen molar-refractivity contribution in [3.63, 3.8) is 0 Å². The highest BCUT2D eigenvalue weighted by molar-refractivity contribution is 5.95. The summed E-state index contributed by atoms with van der Waals surface area (Å²) in [7, 11) is 0. The van der Waals surface area contributed by atoms with Crippen LogP contribution in [0.3, 0.4) is 0 Å². The first-order valence-corrected chi connectivity index (χ1v) is 5.62. The van der Waals surface area contributed by atoms with Gasteiger partial charge in [0.05, 0.1) is 12.5 Å². The molecule has 1 aromatic rings. The van der Waals surface area contributed by atoms with Crippen molar-refractivity contribution >= 4 is 17.5 Å². The molecule has 0 spiro atoms. The molecule has 5 heteroatoms. The van der Waals surface area contributed by atoms with Crippen LogP contribution >= 0.6 is 0 Å². The number of para-hydroxylation sites is 1. The van der Waals surface area contributed by atoms with Crippen molar-refractivity contribution in [1.82, 2.24) is 10.6 Å². The number of hydrogen-bond acceptors (Lipinski definition) is 3. The summed E-state index contributed by atoms with van der Waals surface area (Å²) in [5.41, 5.74) is 0.744. The zero-order valence-electron chi connectivity index (χ0n) is 9.40. The first kappa shape index (κ1) is 11.6. The lowest BCUT2D eigenvalue weighted by Gasteiger charge is -2.22. The Balaban J connectivity index is 1.87. The first-order chi connectivity index (χ1) is 8.25. The van der Waals surface area contributed by atoms with Gasteiger partial charge in [0.25, 0.3) is 0 Å². The molecule has 0 radical (unpaired) electrons. The van der Waals surface area contributed by atoms with Gasteiger partial charge in [-0.3, -0.25) is 9.59 Å². The van der Waals surface area contributed by atoms with Crippen LogP contribution in [0.1, 0.15) is 6.42 Å². The van der Waals surface area contributed by atoms with Crippen LogP contribution in [0, 0.1) is 0 Å². The SMILES string of the molecule is O=C(C[C@@H]1NCCNC1=O)Nc1ccccc1. The molecule has 0 aromatic heterocycles. The minimum atomic E-state index is -0.424. The predicted octanol–water partition coefficient (Wildman–Crippen LogP) is 0.103. The van der Waals surface area contributed by atoms with E-state index < -0.39 is 6.04 Å². The van der Waals surface area contributed by atoms with Gasteiger partial charge in [0.2, 0.25) is 11.8 Å². The summed E-state index contributed by atoms with van der Waals surface area (Å²) >= 11 is 0. The van der Waals surface area contributed by atoms with E-state index in [-0.39, 0.29) is 18.2 Å². The molecule has 1 atom stereocenters. The summed E-state index contributed by atoms with van der Waals surface area (Å²) in [6.07, 6.45) is 0.153. The average molecular weight is 233 g/mol. The fourth-order valence-corrected chi connectivity index (χ4v) is 1.73. The van der Waals surface area contributed by atoms with E-state index in [1.807, 2.05) is 30.3 Å². The van der Waals surface area contributed by atoms with Crippen molar-refractivity contribution in [2.45, 2.75) is 12.5 Å². The molecule has 1 fully saturated rings. The average Bonchev–Trinajstić information content (AvgIpc) is 2.33. The highest BCUT2D eigenvalue weighted by atomic mass is 16.2. The van der Waals surface area contributed by atoms with Crippen LogP contribution in [-0.2, 0) is 9.59 Å². The standard InChI is InChI=1S/C12H15N3O2/c16-11(15-9-4-2-1-3-5-9)8-10-12(17)14-7-6-13-10/h1-5,10,13H,6-8H2,(H,14,17)(H,15,16)/t10-/m0/s1. The van der Waals surface area contributed by atoms with Crippen LogP contribution in [0.5, 0.6) is 0 Å². The maximum atomic E-state index is 11.7. The molecule has 3 N–H and O–H groups in total. The molecule has 17 heavy (non-hydrogen) atoms. The van der Waals surface area contributed by atoms with Crippen LogP contribution in [-0.4, -0.2) is 30.9 Å². The van der Waals surface area contributed by atoms with Crippen molar-refractivity contribution in [2.75, 3.05) is 18.4 Å². The van der Waals surface area contributed by atoms with Gasteiger partial charge in [-0.2, -0.15) is 0 Å². The lowest BCUT2D eigenvalue weighted by atomic mass is 10.1. The van der Waals surface area contributed by atoms with Gasteiger partial charge in [-0.1, -0.05) is 18.2 Å². The van der Waals surface area contributed by atoms with Gasteiger partial charge >= 0.3 is 0 Å². The number of carbonyl (C=O) groups excluding carboxylic acids is 2. The van der Waals surface area contributed by atoms with Crippen LogP contribution in [0.25, 0.3) is 0 Å². The van der Waals surface area contributed by atoms with E-state index in [4.69, 9.17) is 0 Å². The Labute approximate surface area is 99.6 Å². The largest absolute Gasteiger partial charge is 0.353 e. The zero-order chi connectivity index (χ0) is 12.1. The van der Waals surface area contributed by atoms with Gasteiger partial charge in [-0.15, -0.1) is 0 Å². The van der Waals surface area contributed by atoms with E-state index in [9.17, 15) is 9.59 Å². The molecule has 0 bridgehead atoms. The first-order valence-electron chi connectivity index (χ1n) is 5.62. The Bertz CT molecular complexity index is 405. The summed E-state index contributed by atoms with van der Waals surface area (Å²) in [5.74, 6) is -0.273. The van der Waals surface area contributed by atoms with Crippen molar-refractivity contribution in [3.05, 3.63) is 30.3 Å². The fraction of sp³-hybridized carbons (Fsp3) is 0.333. The minimum Gasteiger partial charge on any atom is -0.353 e. The van der Waals surface area contributed by atoms with Crippen LogP contribution < -0.4 is 16.0 Å². The maximum Gasteiger partial charge on any atom is 0.237 e. The molecule has 0 saturated carbocycles. The quantitative estimate of drug-likeness (QED) is 0.693. The summed E-state index contributed by atoms with van der Waals surface area (Å²) in [4.78, 5) is 23.1. The Morgan fingerprint density at radius 2 is 2.06 bits per heavy atom. The molecule has 0 unspecified atom stereocenters. The molecule has 1 aromatic carbocycles. The summed E-state index contributed by atoms with van der Waals surface area (Å²) in [5, 5.41) is 8.48. The summed E-state index contributed by atoms with van der Waals surface area (Å²) in [6.45, 7) is 1.32. The molecule has 1 aliphatic rings. The van der Waals surface area contributed by atoms with E-state index in [2.05, 4.69) is 16.0 Å². The Hall–Kier alpha value is -1.88. The second-order valence-corrected chi connectivity index (χ2v) is 3.92. The van der Waals surface area contributed by atoms with E-state index >= 15 is 0 Å². The smallest absolute Gasteiger partial charge is 0.237 e. The van der Waals surface area contributed by atoms with E-state index in [0.29, 0.717) is 13.1 Å². The number of hydrogen-bond donors (Lipinski definition) is 3. The van der Waals surface area contributed by atoms with Crippen molar-refractivity contribution in [2.24, 2.45) is 0 Å². The van der Waals surface area contributed by atoms with Gasteiger partial charge in [0.1, 0.15) is 0 Å². The van der Waals surface area contributed by atoms with Gasteiger partial charge in [-0.25, -0.2) is 0 Å². The number of piperazine rings is 1. The second-order valence-electron chi connectivity index (χ2n) is 3.92. The van der Waals surface area contributed by atoms with E-state index in [1.54, 1.807) is 0 Å². The van der Waals surface area contributed by atoms with Crippen LogP contribution in [0.4, 0.5) is 5.69 Å². The topological polar surface area (TPSA) is 70.2 Å². The van der Waals surface area contributed by atoms with Crippen LogP contribution in [0.15, 0.2) is 30.3 Å². The Morgan fingerprint density at radius 1 is 1.29 bits per heavy atom. The molecular formula is C12H15N3O2. The van der Waals surface area contributed by atoms with Gasteiger partial charge in [-0.05, 0) is 12.1 Å². The van der Waals surface area contributed by atoms with Crippen LogP contribution in [0.2, 0.25) is 0 Å². The highest BCUT2D eigenvalue weighted by Crippen LogP contribution is 2.06. The number of benzene rings is 1. The molecule has 5 nitrogen and oxygen atoms in total. The predicted molar refractivity (Wildman–Crippen MR) is 64.5 cm³/mol. The molecule has 2 rings (SSSR count). The monoisotopic (exact) mass is 233 g/mol. The number of anilines is 1. The normalized spacial score (nSPS) is 19.5. The molecule has 1 aliphatic heterocycles. The van der Waals surface area contributed by atoms with Crippen molar-refractivity contribution < 1.29 is 9.59 Å². The lowest BCUT2D eigenvalue weighted by molar-refractivity contribution is -0.127. The molecule has 1 saturated heterocycles. The number of amides is 2. The van der Waals surface area contributed by atoms with Gasteiger partial charge in [0.15, 0.2) is 0 Å². The molecule has 1 heterocycles. The number of rotatable bonds is 3. The minimum absolute atomic E-state index is 0.112. The molecular weight excluding hydrogens is 218 g/mol. The number of nitrogens with one attached hydrogen (secondary N) is 3. The third-order valence-electron chi connectivity index (χ3n) is 2.58. The van der Waals surface area contributed by atoms with Crippen molar-refractivity contribution in [3.8, 4) is 0 Å². The molecule has 2 amide bonds. The number of carbonyl (C=O) groups is 2. The molecule has 0 aliphatic carbocycles. The lowest BCUT2D eigenvalue weighted by Crippen LogP contribution is -2.53. The third-order valence-corrected chi connectivity index (χ3v) is 2.58. The Kier molecular flexibility index (Phi) is 3.72. The zero-order valence-corrected chi connectivity index (χ0v) is 9.40. The third kappa shape index (κ3) is 3.29. The van der Waals surface area contributed by atoms with Crippen molar-refractivity contribution in [1.29, 1.82) is 0 Å². The summed E-state index contributed by atoms with van der Waals surface area (Å²) in [6, 6.07) is 8.78. The highest BCUT2D eigenvalue weighted by Gasteiger charge is 2.23. The Morgan fingerprint density at radius 3 is 2.76 bits per heavy atom. The fourth-order valence-electron chi connectivity index (χ4n) is 1.73. The van der Waals surface area contributed by atoms with Gasteiger partial charge < -0.3 is 16.0 Å². The van der Waals surface area contributed by atoms with E-state index in [1.165, 1.54) is 0 Å². The summed E-state index contributed by atoms with van der Waals surface area (Å²) < 4.78 is 0. The second kappa shape index (κ2) is 5.45.